The number of rotatable bonds is 3. The first kappa shape index (κ1) is 24.3. The van der Waals surface area contributed by atoms with Crippen LogP contribution in [-0.2, 0) is 0 Å². The quantitative estimate of drug-likeness (QED) is 0.287. The van der Waals surface area contributed by atoms with Crippen molar-refractivity contribution < 1.29 is 14.3 Å². The highest BCUT2D eigenvalue weighted by Crippen LogP contribution is 2.47. The van der Waals surface area contributed by atoms with Crippen LogP contribution in [-0.4, -0.2) is 32.3 Å². The highest BCUT2D eigenvalue weighted by molar-refractivity contribution is 7.23. The van der Waals surface area contributed by atoms with Crippen molar-refractivity contribution >= 4 is 33.4 Å². The molecule has 0 fully saturated rings. The van der Waals surface area contributed by atoms with Crippen LogP contribution in [0, 0.1) is 6.92 Å². The third-order valence-corrected chi connectivity index (χ3v) is 7.85. The van der Waals surface area contributed by atoms with Crippen LogP contribution in [0.15, 0.2) is 65.7 Å². The smallest absolute Gasteiger partial charge is 0.163 e. The molecule has 0 saturated heterocycles. The van der Waals surface area contributed by atoms with Crippen molar-refractivity contribution in [2.45, 2.75) is 39.0 Å². The van der Waals surface area contributed by atoms with Gasteiger partial charge in [0.1, 0.15) is 18.1 Å². The van der Waals surface area contributed by atoms with Crippen molar-refractivity contribution in [2.24, 2.45) is 4.99 Å². The van der Waals surface area contributed by atoms with Gasteiger partial charge in [0.05, 0.1) is 7.11 Å². The summed E-state index contributed by atoms with van der Waals surface area (Å²) in [7, 11) is 1.68. The monoisotopic (exact) mass is 497 g/mol. The van der Waals surface area contributed by atoms with Crippen molar-refractivity contribution in [3.05, 3.63) is 71.8 Å². The number of ether oxygens (including phenoxy) is 2. The first-order valence-electron chi connectivity index (χ1n) is 12.6. The summed E-state index contributed by atoms with van der Waals surface area (Å²) in [6, 6.07) is 20.6. The molecule has 5 heteroatoms. The van der Waals surface area contributed by atoms with Gasteiger partial charge in [-0.3, -0.25) is 9.79 Å². The van der Waals surface area contributed by atoms with Gasteiger partial charge in [-0.2, -0.15) is 0 Å². The highest BCUT2D eigenvalue weighted by atomic mass is 32.1. The average molecular weight is 498 g/mol. The van der Waals surface area contributed by atoms with Gasteiger partial charge in [0.15, 0.2) is 5.78 Å². The minimum atomic E-state index is 0.190. The van der Waals surface area contributed by atoms with E-state index in [9.17, 15) is 4.79 Å². The zero-order valence-corrected chi connectivity index (χ0v) is 21.7. The second-order valence-electron chi connectivity index (χ2n) is 9.23. The SMILES string of the molecule is COc1ccc(-c2sc3cc(C)ccc3c2-c2cc3ccc2C(=O)CCCCCCN=CCO3)cc1. The van der Waals surface area contributed by atoms with Gasteiger partial charge in [-0.1, -0.05) is 25.0 Å². The van der Waals surface area contributed by atoms with Crippen molar-refractivity contribution in [1.29, 1.82) is 0 Å². The standard InChI is InChI=1S/C31H31NO3S/c1-21-8-14-26-29(19-21)36-31(22-9-11-23(34-2)12-10-22)30(26)27-20-24-13-15-25(27)28(33)7-5-3-4-6-16-32-17-18-35-24/h8-15,17,19-20H,3-7,16,18H2,1-2H3. The molecule has 2 aliphatic heterocycles. The van der Waals surface area contributed by atoms with Crippen LogP contribution in [0.4, 0.5) is 0 Å². The molecule has 0 N–H and O–H groups in total. The fourth-order valence-corrected chi connectivity index (χ4v) is 6.06. The Bertz CT molecular complexity index is 1400. The number of thiophene rings is 1. The molecular formula is C31H31NO3S. The maximum Gasteiger partial charge on any atom is 0.163 e. The number of ketones is 1. The zero-order chi connectivity index (χ0) is 24.9. The van der Waals surface area contributed by atoms with Crippen molar-refractivity contribution in [1.82, 2.24) is 0 Å². The van der Waals surface area contributed by atoms with Crippen LogP contribution in [0.5, 0.6) is 11.5 Å². The number of aryl methyl sites for hydroxylation is 1. The lowest BCUT2D eigenvalue weighted by Gasteiger charge is -2.14. The van der Waals surface area contributed by atoms with E-state index in [1.165, 1.54) is 10.3 Å². The van der Waals surface area contributed by atoms with Crippen LogP contribution in [0.25, 0.3) is 31.7 Å². The van der Waals surface area contributed by atoms with Crippen molar-refractivity contribution in [2.75, 3.05) is 20.3 Å². The van der Waals surface area contributed by atoms with Gasteiger partial charge < -0.3 is 9.47 Å². The summed E-state index contributed by atoms with van der Waals surface area (Å²) < 4.78 is 12.6. The van der Waals surface area contributed by atoms with Crippen molar-refractivity contribution in [3.8, 4) is 33.1 Å². The van der Waals surface area contributed by atoms with Crippen LogP contribution < -0.4 is 9.47 Å². The van der Waals surface area contributed by atoms with Gasteiger partial charge in [-0.25, -0.2) is 0 Å². The van der Waals surface area contributed by atoms with E-state index >= 15 is 0 Å². The Labute approximate surface area is 216 Å². The number of hydrogen-bond acceptors (Lipinski definition) is 5. The van der Waals surface area contributed by atoms with E-state index in [0.29, 0.717) is 13.0 Å². The average Bonchev–Trinajstić information content (AvgIpc) is 3.27. The van der Waals surface area contributed by atoms with Crippen LogP contribution in [0.1, 0.15) is 48.0 Å². The summed E-state index contributed by atoms with van der Waals surface area (Å²) >= 11 is 1.76. The molecular weight excluding hydrogens is 466 g/mol. The Kier molecular flexibility index (Phi) is 7.47. The van der Waals surface area contributed by atoms with Crippen LogP contribution >= 0.6 is 11.3 Å². The molecule has 0 aliphatic carbocycles. The van der Waals surface area contributed by atoms with E-state index in [4.69, 9.17) is 9.47 Å². The molecule has 36 heavy (non-hydrogen) atoms. The van der Waals surface area contributed by atoms with Gasteiger partial charge >= 0.3 is 0 Å². The summed E-state index contributed by atoms with van der Waals surface area (Å²) in [6.45, 7) is 3.34. The first-order valence-corrected chi connectivity index (χ1v) is 13.4. The van der Waals surface area contributed by atoms with Gasteiger partial charge in [-0.05, 0) is 85.0 Å². The Morgan fingerprint density at radius 3 is 2.58 bits per heavy atom. The largest absolute Gasteiger partial charge is 0.497 e. The van der Waals surface area contributed by atoms with Crippen molar-refractivity contribution in [3.63, 3.8) is 0 Å². The summed E-state index contributed by atoms with van der Waals surface area (Å²) in [5.74, 6) is 1.76. The van der Waals surface area contributed by atoms with E-state index in [1.54, 1.807) is 18.4 Å². The number of benzene rings is 3. The lowest BCUT2D eigenvalue weighted by Crippen LogP contribution is -2.04. The molecule has 2 bridgehead atoms. The predicted octanol–water partition coefficient (Wildman–Crippen LogP) is 8.15. The zero-order valence-electron chi connectivity index (χ0n) is 20.9. The number of hydrogen-bond donors (Lipinski definition) is 0. The van der Waals surface area contributed by atoms with Crippen LogP contribution in [0.3, 0.4) is 0 Å². The lowest BCUT2D eigenvalue weighted by molar-refractivity contribution is 0.0979. The van der Waals surface area contributed by atoms with E-state index in [0.717, 1.165) is 76.2 Å². The maximum atomic E-state index is 13.5. The molecule has 0 spiro atoms. The number of methoxy groups -OCH3 is 1. The van der Waals surface area contributed by atoms with Gasteiger partial charge in [-0.15, -0.1) is 11.3 Å². The molecule has 6 rings (SSSR count). The van der Waals surface area contributed by atoms with E-state index in [1.807, 2.05) is 36.5 Å². The Morgan fingerprint density at radius 2 is 1.75 bits per heavy atom. The van der Waals surface area contributed by atoms with E-state index < -0.39 is 0 Å². The maximum absolute atomic E-state index is 13.5. The number of aliphatic imine (C=N–C) groups is 1. The van der Waals surface area contributed by atoms with Crippen LogP contribution in [0.2, 0.25) is 0 Å². The molecule has 2 aliphatic rings. The summed E-state index contributed by atoms with van der Waals surface area (Å²) in [4.78, 5) is 19.1. The highest BCUT2D eigenvalue weighted by Gasteiger charge is 2.22. The second kappa shape index (κ2) is 11.1. The van der Waals surface area contributed by atoms with E-state index in [2.05, 4.69) is 42.2 Å². The summed E-state index contributed by atoms with van der Waals surface area (Å²) in [5, 5.41) is 1.15. The normalized spacial score (nSPS) is 14.9. The fraction of sp³-hybridized carbons (Fsp3) is 0.290. The first-order chi connectivity index (χ1) is 17.6. The topological polar surface area (TPSA) is 47.9 Å². The third-order valence-electron chi connectivity index (χ3n) is 6.65. The lowest BCUT2D eigenvalue weighted by atomic mass is 9.91. The molecule has 3 aromatic carbocycles. The molecule has 4 nitrogen and oxygen atoms in total. The number of fused-ring (bicyclic) bond motifs is 12. The molecule has 0 saturated carbocycles. The number of carbonyl (C=O) groups excluding carboxylic acids is 1. The van der Waals surface area contributed by atoms with Gasteiger partial charge in [0.25, 0.3) is 0 Å². The second-order valence-corrected chi connectivity index (χ2v) is 10.3. The van der Waals surface area contributed by atoms with Gasteiger partial charge in [0, 0.05) is 45.3 Å². The third kappa shape index (κ3) is 5.21. The summed E-state index contributed by atoms with van der Waals surface area (Å²) in [6.07, 6.45) is 6.48. The molecule has 0 unspecified atom stereocenters. The Balaban J connectivity index is 1.70. The molecule has 3 heterocycles. The molecule has 1 aromatic heterocycles. The Hall–Kier alpha value is -3.44. The molecule has 0 amide bonds. The molecule has 184 valence electrons. The minimum Gasteiger partial charge on any atom is -0.497 e. The molecule has 0 atom stereocenters. The predicted molar refractivity (Wildman–Crippen MR) is 150 cm³/mol. The summed E-state index contributed by atoms with van der Waals surface area (Å²) in [5.41, 5.74) is 5.11. The Morgan fingerprint density at radius 1 is 0.917 bits per heavy atom. The molecule has 0 radical (unpaired) electrons. The minimum absolute atomic E-state index is 0.190. The number of Topliss-reactive ketones (excluding diaryl/α,β-unsaturated/α-hetero) is 1. The molecule has 4 aromatic rings. The number of nitrogens with zero attached hydrogens (tertiary/aromatic N) is 1. The van der Waals surface area contributed by atoms with Gasteiger partial charge in [0.2, 0.25) is 0 Å². The number of carbonyl (C=O) groups is 1. The fourth-order valence-electron chi connectivity index (χ4n) is 4.73. The van der Waals surface area contributed by atoms with E-state index in [-0.39, 0.29) is 5.78 Å².